The van der Waals surface area contributed by atoms with Gasteiger partial charge in [-0.2, -0.15) is 4.31 Å². The minimum Gasteiger partial charge on any atom is -0.392 e. The van der Waals surface area contributed by atoms with Crippen LogP contribution < -0.4 is 0 Å². The molecule has 0 bridgehead atoms. The number of piperidine rings is 1. The summed E-state index contributed by atoms with van der Waals surface area (Å²) in [5, 5.41) is 9.33. The standard InChI is InChI=1S/C13H18ClNO3S/c1-10-4-6-15(7-5-10)19(17,18)12-3-2-11(9-16)13(14)8-12/h2-3,8,10,16H,4-7,9H2,1H3. The molecule has 1 aromatic carbocycles. The van der Waals surface area contributed by atoms with Crippen molar-refractivity contribution in [1.29, 1.82) is 0 Å². The third kappa shape index (κ3) is 3.11. The van der Waals surface area contributed by atoms with Crippen molar-refractivity contribution >= 4 is 21.6 Å². The first-order chi connectivity index (χ1) is 8.95. The second kappa shape index (κ2) is 5.79. The Balaban J connectivity index is 2.27. The first-order valence-electron chi connectivity index (χ1n) is 6.34. The van der Waals surface area contributed by atoms with Gasteiger partial charge in [0.25, 0.3) is 0 Å². The number of aliphatic hydroxyl groups is 1. The molecule has 0 spiro atoms. The second-order valence-electron chi connectivity index (χ2n) is 5.00. The molecule has 4 nitrogen and oxygen atoms in total. The van der Waals surface area contributed by atoms with Gasteiger partial charge in [0, 0.05) is 18.1 Å². The van der Waals surface area contributed by atoms with Crippen LogP contribution >= 0.6 is 11.6 Å². The fourth-order valence-corrected chi connectivity index (χ4v) is 3.99. The maximum absolute atomic E-state index is 12.5. The summed E-state index contributed by atoms with van der Waals surface area (Å²) >= 11 is 5.95. The molecule has 0 saturated carbocycles. The van der Waals surface area contributed by atoms with Gasteiger partial charge in [-0.1, -0.05) is 24.6 Å². The second-order valence-corrected chi connectivity index (χ2v) is 7.34. The van der Waals surface area contributed by atoms with Crippen LogP contribution in [0.15, 0.2) is 23.1 Å². The van der Waals surface area contributed by atoms with Crippen molar-refractivity contribution in [2.45, 2.75) is 31.3 Å². The summed E-state index contributed by atoms with van der Waals surface area (Å²) in [7, 11) is -3.47. The van der Waals surface area contributed by atoms with E-state index in [1.807, 2.05) is 0 Å². The van der Waals surface area contributed by atoms with Gasteiger partial charge in [-0.25, -0.2) is 8.42 Å². The number of hydrogen-bond acceptors (Lipinski definition) is 3. The lowest BCUT2D eigenvalue weighted by molar-refractivity contribution is 0.281. The molecular formula is C13H18ClNO3S. The van der Waals surface area contributed by atoms with E-state index in [-0.39, 0.29) is 16.5 Å². The topological polar surface area (TPSA) is 57.6 Å². The van der Waals surface area contributed by atoms with E-state index in [0.29, 0.717) is 24.6 Å². The van der Waals surface area contributed by atoms with Crippen molar-refractivity contribution in [2.24, 2.45) is 5.92 Å². The van der Waals surface area contributed by atoms with E-state index in [1.54, 1.807) is 6.07 Å². The van der Waals surface area contributed by atoms with E-state index in [0.717, 1.165) is 12.8 Å². The molecule has 1 N–H and O–H groups in total. The Kier molecular flexibility index (Phi) is 4.50. The molecule has 0 aliphatic carbocycles. The van der Waals surface area contributed by atoms with Crippen molar-refractivity contribution in [3.05, 3.63) is 28.8 Å². The molecule has 6 heteroatoms. The summed E-state index contributed by atoms with van der Waals surface area (Å²) in [4.78, 5) is 0.198. The normalized spacial score (nSPS) is 18.7. The third-order valence-corrected chi connectivity index (χ3v) is 5.82. The molecule has 0 aromatic heterocycles. The zero-order valence-corrected chi connectivity index (χ0v) is 12.4. The highest BCUT2D eigenvalue weighted by Gasteiger charge is 2.28. The smallest absolute Gasteiger partial charge is 0.243 e. The average molecular weight is 304 g/mol. The van der Waals surface area contributed by atoms with Crippen molar-refractivity contribution in [2.75, 3.05) is 13.1 Å². The molecule has 0 unspecified atom stereocenters. The maximum Gasteiger partial charge on any atom is 0.243 e. The summed E-state index contributed by atoms with van der Waals surface area (Å²) < 4.78 is 26.4. The minimum atomic E-state index is -3.47. The molecule has 0 amide bonds. The van der Waals surface area contributed by atoms with Gasteiger partial charge in [-0.05, 0) is 36.5 Å². The number of sulfonamides is 1. The Bertz CT molecular complexity index is 551. The van der Waals surface area contributed by atoms with Gasteiger partial charge in [-0.3, -0.25) is 0 Å². The van der Waals surface area contributed by atoms with Crippen molar-refractivity contribution < 1.29 is 13.5 Å². The largest absolute Gasteiger partial charge is 0.392 e. The SMILES string of the molecule is CC1CCN(S(=O)(=O)c2ccc(CO)c(Cl)c2)CC1. The predicted octanol–water partition coefficient (Wildman–Crippen LogP) is 2.25. The predicted molar refractivity (Wildman–Crippen MR) is 74.5 cm³/mol. The highest BCUT2D eigenvalue weighted by molar-refractivity contribution is 7.89. The Morgan fingerprint density at radius 2 is 2.00 bits per heavy atom. The average Bonchev–Trinajstić information content (AvgIpc) is 2.39. The van der Waals surface area contributed by atoms with Gasteiger partial charge in [0.05, 0.1) is 11.5 Å². The van der Waals surface area contributed by atoms with Crippen molar-refractivity contribution in [3.63, 3.8) is 0 Å². The van der Waals surface area contributed by atoms with Gasteiger partial charge in [0.1, 0.15) is 0 Å². The minimum absolute atomic E-state index is 0.194. The fourth-order valence-electron chi connectivity index (χ4n) is 2.19. The van der Waals surface area contributed by atoms with E-state index in [2.05, 4.69) is 6.92 Å². The van der Waals surface area contributed by atoms with E-state index >= 15 is 0 Å². The number of benzene rings is 1. The number of nitrogens with zero attached hydrogens (tertiary/aromatic N) is 1. The molecule has 1 heterocycles. The van der Waals surface area contributed by atoms with Crippen LogP contribution in [-0.4, -0.2) is 30.9 Å². The fraction of sp³-hybridized carbons (Fsp3) is 0.538. The Morgan fingerprint density at radius 3 is 2.53 bits per heavy atom. The molecule has 1 aliphatic rings. The molecule has 1 aliphatic heterocycles. The van der Waals surface area contributed by atoms with Crippen LogP contribution in [0.25, 0.3) is 0 Å². The number of halogens is 1. The summed E-state index contributed by atoms with van der Waals surface area (Å²) in [5.41, 5.74) is 0.535. The van der Waals surface area contributed by atoms with Crippen LogP contribution in [0, 0.1) is 5.92 Å². The highest BCUT2D eigenvalue weighted by atomic mass is 35.5. The molecule has 1 fully saturated rings. The first kappa shape index (κ1) is 14.8. The highest BCUT2D eigenvalue weighted by Crippen LogP contribution is 2.26. The quantitative estimate of drug-likeness (QED) is 0.932. The Morgan fingerprint density at radius 1 is 1.37 bits per heavy atom. The molecule has 1 aromatic rings. The lowest BCUT2D eigenvalue weighted by atomic mass is 10.0. The van der Waals surface area contributed by atoms with Gasteiger partial charge < -0.3 is 5.11 Å². The van der Waals surface area contributed by atoms with E-state index in [9.17, 15) is 8.42 Å². The van der Waals surface area contributed by atoms with Crippen molar-refractivity contribution in [1.82, 2.24) is 4.31 Å². The molecule has 0 radical (unpaired) electrons. The number of aliphatic hydroxyl groups excluding tert-OH is 1. The number of rotatable bonds is 3. The van der Waals surface area contributed by atoms with Crippen LogP contribution in [-0.2, 0) is 16.6 Å². The molecule has 19 heavy (non-hydrogen) atoms. The lowest BCUT2D eigenvalue weighted by Gasteiger charge is -2.29. The summed E-state index contributed by atoms with van der Waals surface area (Å²) in [6.45, 7) is 3.06. The Hall–Kier alpha value is -0.620. The molecule has 0 atom stereocenters. The van der Waals surface area contributed by atoms with Crippen LogP contribution in [0.1, 0.15) is 25.3 Å². The van der Waals surface area contributed by atoms with E-state index < -0.39 is 10.0 Å². The lowest BCUT2D eigenvalue weighted by Crippen LogP contribution is -2.37. The first-order valence-corrected chi connectivity index (χ1v) is 8.16. The molecular weight excluding hydrogens is 286 g/mol. The van der Waals surface area contributed by atoms with Crippen LogP contribution in [0.5, 0.6) is 0 Å². The summed E-state index contributed by atoms with van der Waals surface area (Å²) in [6, 6.07) is 4.48. The van der Waals surface area contributed by atoms with Crippen LogP contribution in [0.4, 0.5) is 0 Å². The van der Waals surface area contributed by atoms with Crippen LogP contribution in [0.2, 0.25) is 5.02 Å². The van der Waals surface area contributed by atoms with E-state index in [4.69, 9.17) is 16.7 Å². The van der Waals surface area contributed by atoms with Crippen LogP contribution in [0.3, 0.4) is 0 Å². The summed E-state index contributed by atoms with van der Waals surface area (Å²) in [5.74, 6) is 0.576. The number of hydrogen-bond donors (Lipinski definition) is 1. The maximum atomic E-state index is 12.5. The van der Waals surface area contributed by atoms with Gasteiger partial charge in [0.2, 0.25) is 10.0 Å². The Labute approximate surface area is 119 Å². The third-order valence-electron chi connectivity index (χ3n) is 3.58. The zero-order chi connectivity index (χ0) is 14.0. The molecule has 2 rings (SSSR count). The van der Waals surface area contributed by atoms with Gasteiger partial charge >= 0.3 is 0 Å². The molecule has 106 valence electrons. The monoisotopic (exact) mass is 303 g/mol. The van der Waals surface area contributed by atoms with E-state index in [1.165, 1.54) is 16.4 Å². The van der Waals surface area contributed by atoms with Gasteiger partial charge in [0.15, 0.2) is 0 Å². The molecule has 1 saturated heterocycles. The zero-order valence-electron chi connectivity index (χ0n) is 10.8. The van der Waals surface area contributed by atoms with Gasteiger partial charge in [-0.15, -0.1) is 0 Å². The summed E-state index contributed by atoms with van der Waals surface area (Å²) in [6.07, 6.45) is 1.78. The van der Waals surface area contributed by atoms with Crippen molar-refractivity contribution in [3.8, 4) is 0 Å².